The molecular formula is C13H24F3N. The monoisotopic (exact) mass is 251 g/mol. The molecule has 0 radical (unpaired) electrons. The Morgan fingerprint density at radius 2 is 1.76 bits per heavy atom. The van der Waals surface area contributed by atoms with E-state index in [9.17, 15) is 13.2 Å². The average molecular weight is 251 g/mol. The molecule has 0 aromatic heterocycles. The number of piperidine rings is 1. The molecule has 1 aliphatic heterocycles. The van der Waals surface area contributed by atoms with E-state index in [0.717, 1.165) is 0 Å². The molecule has 0 aromatic rings. The predicted molar refractivity (Wildman–Crippen MR) is 64.2 cm³/mol. The van der Waals surface area contributed by atoms with Crippen molar-refractivity contribution in [2.75, 3.05) is 19.6 Å². The SMILES string of the molecule is CCC(F)CN1CCC(C)(C(F)(F)CC)CC1. The van der Waals surface area contributed by atoms with Gasteiger partial charge in [-0.1, -0.05) is 20.8 Å². The summed E-state index contributed by atoms with van der Waals surface area (Å²) in [5.74, 6) is -2.60. The number of hydrogen-bond acceptors (Lipinski definition) is 1. The summed E-state index contributed by atoms with van der Waals surface area (Å²) in [4.78, 5) is 1.97. The second kappa shape index (κ2) is 5.59. The number of likely N-dealkylation sites (tertiary alicyclic amines) is 1. The third-order valence-electron chi connectivity index (χ3n) is 4.19. The van der Waals surface area contributed by atoms with Crippen LogP contribution in [0.4, 0.5) is 13.2 Å². The zero-order valence-electron chi connectivity index (χ0n) is 11.1. The normalized spacial score (nSPS) is 23.6. The third kappa shape index (κ3) is 3.36. The highest BCUT2D eigenvalue weighted by atomic mass is 19.3. The van der Waals surface area contributed by atoms with Gasteiger partial charge in [0.1, 0.15) is 6.17 Å². The van der Waals surface area contributed by atoms with Gasteiger partial charge in [0.05, 0.1) is 0 Å². The second-order valence-corrected chi connectivity index (χ2v) is 5.42. The first-order valence-electron chi connectivity index (χ1n) is 6.59. The van der Waals surface area contributed by atoms with Crippen LogP contribution in [-0.2, 0) is 0 Å². The Labute approximate surface area is 102 Å². The van der Waals surface area contributed by atoms with Crippen LogP contribution in [0.1, 0.15) is 46.5 Å². The summed E-state index contributed by atoms with van der Waals surface area (Å²) >= 11 is 0. The molecule has 0 aromatic carbocycles. The Bertz CT molecular complexity index is 235. The molecule has 0 bridgehead atoms. The molecular weight excluding hydrogens is 227 g/mol. The van der Waals surface area contributed by atoms with Crippen molar-refractivity contribution in [3.8, 4) is 0 Å². The fraction of sp³-hybridized carbons (Fsp3) is 1.00. The van der Waals surface area contributed by atoms with Crippen LogP contribution in [0.2, 0.25) is 0 Å². The zero-order chi connectivity index (χ0) is 13.1. The summed E-state index contributed by atoms with van der Waals surface area (Å²) in [5, 5.41) is 0. The van der Waals surface area contributed by atoms with Gasteiger partial charge >= 0.3 is 0 Å². The van der Waals surface area contributed by atoms with E-state index in [-0.39, 0.29) is 6.42 Å². The highest BCUT2D eigenvalue weighted by molar-refractivity contribution is 4.92. The van der Waals surface area contributed by atoms with Gasteiger partial charge in [0.2, 0.25) is 0 Å². The van der Waals surface area contributed by atoms with Crippen LogP contribution in [0.5, 0.6) is 0 Å². The van der Waals surface area contributed by atoms with Crippen LogP contribution in [0.3, 0.4) is 0 Å². The largest absolute Gasteiger partial charge is 0.300 e. The first kappa shape index (κ1) is 14.8. The smallest absolute Gasteiger partial charge is 0.253 e. The Morgan fingerprint density at radius 1 is 1.24 bits per heavy atom. The van der Waals surface area contributed by atoms with Crippen LogP contribution in [0, 0.1) is 5.41 Å². The van der Waals surface area contributed by atoms with Crippen molar-refractivity contribution in [2.24, 2.45) is 5.41 Å². The molecule has 17 heavy (non-hydrogen) atoms. The molecule has 1 saturated heterocycles. The molecule has 1 unspecified atom stereocenters. The minimum absolute atomic E-state index is 0.107. The van der Waals surface area contributed by atoms with Gasteiger partial charge in [0.15, 0.2) is 0 Å². The minimum atomic E-state index is -2.60. The predicted octanol–water partition coefficient (Wildman–Crippen LogP) is 3.88. The van der Waals surface area contributed by atoms with E-state index in [4.69, 9.17) is 0 Å². The first-order chi connectivity index (χ1) is 7.84. The Morgan fingerprint density at radius 3 is 2.18 bits per heavy atom. The second-order valence-electron chi connectivity index (χ2n) is 5.42. The summed E-state index contributed by atoms with van der Waals surface area (Å²) in [5.41, 5.74) is -0.906. The van der Waals surface area contributed by atoms with E-state index in [1.807, 2.05) is 11.8 Å². The summed E-state index contributed by atoms with van der Waals surface area (Å²) in [6.45, 7) is 6.58. The maximum atomic E-state index is 13.8. The highest BCUT2D eigenvalue weighted by Gasteiger charge is 2.49. The van der Waals surface area contributed by atoms with Crippen molar-refractivity contribution >= 4 is 0 Å². The Kier molecular flexibility index (Phi) is 4.87. The topological polar surface area (TPSA) is 3.24 Å². The number of halogens is 3. The zero-order valence-corrected chi connectivity index (χ0v) is 11.1. The first-order valence-corrected chi connectivity index (χ1v) is 6.59. The molecule has 0 saturated carbocycles. The Balaban J connectivity index is 2.50. The summed E-state index contributed by atoms with van der Waals surface area (Å²) in [6.07, 6.45) is 0.489. The molecule has 0 amide bonds. The third-order valence-corrected chi connectivity index (χ3v) is 4.19. The van der Waals surface area contributed by atoms with E-state index < -0.39 is 17.5 Å². The van der Waals surface area contributed by atoms with Crippen molar-refractivity contribution in [3.05, 3.63) is 0 Å². The van der Waals surface area contributed by atoms with Crippen molar-refractivity contribution in [1.82, 2.24) is 4.90 Å². The summed E-state index contributed by atoms with van der Waals surface area (Å²) < 4.78 is 40.8. The molecule has 4 heteroatoms. The molecule has 0 N–H and O–H groups in total. The molecule has 102 valence electrons. The lowest BCUT2D eigenvalue weighted by atomic mass is 9.74. The van der Waals surface area contributed by atoms with E-state index >= 15 is 0 Å². The lowest BCUT2D eigenvalue weighted by Crippen LogP contribution is -2.48. The van der Waals surface area contributed by atoms with Crippen LogP contribution in [-0.4, -0.2) is 36.6 Å². The van der Waals surface area contributed by atoms with Gasteiger partial charge < -0.3 is 4.90 Å². The number of alkyl halides is 3. The van der Waals surface area contributed by atoms with E-state index in [1.165, 1.54) is 6.92 Å². The summed E-state index contributed by atoms with van der Waals surface area (Å²) in [6, 6.07) is 0. The molecule has 1 rings (SSSR count). The fourth-order valence-corrected chi connectivity index (χ4v) is 2.43. The highest BCUT2D eigenvalue weighted by Crippen LogP contribution is 2.46. The van der Waals surface area contributed by atoms with E-state index in [1.54, 1.807) is 6.92 Å². The van der Waals surface area contributed by atoms with Crippen molar-refractivity contribution in [2.45, 2.75) is 58.5 Å². The van der Waals surface area contributed by atoms with Crippen LogP contribution in [0.15, 0.2) is 0 Å². The maximum Gasteiger partial charge on any atom is 0.253 e. The van der Waals surface area contributed by atoms with Gasteiger partial charge in [0, 0.05) is 18.4 Å². The van der Waals surface area contributed by atoms with Gasteiger partial charge in [-0.2, -0.15) is 0 Å². The molecule has 1 heterocycles. The Hall–Kier alpha value is -0.250. The number of rotatable bonds is 5. The molecule has 1 nitrogen and oxygen atoms in total. The molecule has 1 atom stereocenters. The molecule has 1 aliphatic rings. The van der Waals surface area contributed by atoms with E-state index in [0.29, 0.717) is 38.9 Å². The summed E-state index contributed by atoms with van der Waals surface area (Å²) in [7, 11) is 0. The van der Waals surface area contributed by atoms with Crippen LogP contribution >= 0.6 is 0 Å². The lowest BCUT2D eigenvalue weighted by Gasteiger charge is -2.44. The number of nitrogens with zero attached hydrogens (tertiary/aromatic N) is 1. The average Bonchev–Trinajstić information content (AvgIpc) is 2.32. The van der Waals surface area contributed by atoms with Crippen LogP contribution < -0.4 is 0 Å². The van der Waals surface area contributed by atoms with Crippen LogP contribution in [0.25, 0.3) is 0 Å². The minimum Gasteiger partial charge on any atom is -0.300 e. The maximum absolute atomic E-state index is 13.8. The van der Waals surface area contributed by atoms with E-state index in [2.05, 4.69) is 0 Å². The van der Waals surface area contributed by atoms with Gasteiger partial charge in [-0.15, -0.1) is 0 Å². The van der Waals surface area contributed by atoms with Gasteiger partial charge in [0.25, 0.3) is 5.92 Å². The van der Waals surface area contributed by atoms with Crippen molar-refractivity contribution < 1.29 is 13.2 Å². The van der Waals surface area contributed by atoms with Gasteiger partial charge in [-0.25, -0.2) is 13.2 Å². The van der Waals surface area contributed by atoms with Gasteiger partial charge in [-0.05, 0) is 32.4 Å². The molecule has 0 spiro atoms. The quantitative estimate of drug-likeness (QED) is 0.716. The van der Waals surface area contributed by atoms with Gasteiger partial charge in [-0.3, -0.25) is 0 Å². The molecule has 0 aliphatic carbocycles. The number of hydrogen-bond donors (Lipinski definition) is 0. The van der Waals surface area contributed by atoms with Crippen molar-refractivity contribution in [3.63, 3.8) is 0 Å². The standard InChI is InChI=1S/C13H24F3N/c1-4-11(14)10-17-8-6-12(3,7-9-17)13(15,16)5-2/h11H,4-10H2,1-3H3. The lowest BCUT2D eigenvalue weighted by molar-refractivity contribution is -0.140. The van der Waals surface area contributed by atoms with Crippen molar-refractivity contribution in [1.29, 1.82) is 0 Å². The molecule has 1 fully saturated rings. The fourth-order valence-electron chi connectivity index (χ4n) is 2.43.